The van der Waals surface area contributed by atoms with Crippen molar-refractivity contribution in [3.63, 3.8) is 0 Å². The van der Waals surface area contributed by atoms with Gasteiger partial charge in [0.1, 0.15) is 30.2 Å². The average Bonchev–Trinajstić information content (AvgIpc) is 2.97. The smallest absolute Gasteiger partial charge is 0.255 e. The number of ether oxygens (including phenoxy) is 2. The van der Waals surface area contributed by atoms with Crippen LogP contribution < -0.4 is 15.8 Å². The zero-order valence-electron chi connectivity index (χ0n) is 22.8. The maximum atomic E-state index is 12.9. The Bertz CT molecular complexity index is 1130. The minimum absolute atomic E-state index is 0.00916. The van der Waals surface area contributed by atoms with Crippen molar-refractivity contribution in [2.75, 3.05) is 25.5 Å². The first-order valence-corrected chi connectivity index (χ1v) is 13.1. The topological polar surface area (TPSA) is 175 Å². The molecule has 3 rings (SSSR count). The van der Waals surface area contributed by atoms with E-state index in [0.29, 0.717) is 17.0 Å². The average molecular weight is 559 g/mol. The molecule has 0 saturated carbocycles. The molecule has 0 spiro atoms. The number of nitrogens with one attached hydrogen (secondary N) is 1. The van der Waals surface area contributed by atoms with Gasteiger partial charge in [-0.15, -0.1) is 0 Å². The van der Waals surface area contributed by atoms with E-state index in [1.807, 2.05) is 6.07 Å². The summed E-state index contributed by atoms with van der Waals surface area (Å²) in [5.41, 5.74) is 6.88. The van der Waals surface area contributed by atoms with Crippen LogP contribution in [0.1, 0.15) is 37.0 Å². The van der Waals surface area contributed by atoms with Crippen LogP contribution in [0.5, 0.6) is 5.75 Å². The molecule has 1 aliphatic rings. The number of carbonyl (C=O) groups excluding carboxylic acids is 3. The number of nitrogens with two attached hydrogens (primary N) is 1. The molecule has 3 amide bonds. The van der Waals surface area contributed by atoms with Gasteiger partial charge in [0.05, 0.1) is 12.6 Å². The summed E-state index contributed by atoms with van der Waals surface area (Å²) < 4.78 is 11.1. The highest BCUT2D eigenvalue weighted by Gasteiger charge is 2.43. The summed E-state index contributed by atoms with van der Waals surface area (Å²) in [6.45, 7) is 3.07. The predicted octanol–water partition coefficient (Wildman–Crippen LogP) is 0.517. The van der Waals surface area contributed by atoms with Crippen molar-refractivity contribution in [1.29, 1.82) is 0 Å². The van der Waals surface area contributed by atoms with Crippen LogP contribution in [-0.2, 0) is 14.3 Å². The first-order valence-electron chi connectivity index (χ1n) is 13.1. The van der Waals surface area contributed by atoms with Gasteiger partial charge in [-0.25, -0.2) is 0 Å². The third-order valence-corrected chi connectivity index (χ3v) is 6.87. The third kappa shape index (κ3) is 7.55. The molecule has 6 unspecified atom stereocenters. The van der Waals surface area contributed by atoms with Crippen LogP contribution in [0.4, 0.5) is 5.69 Å². The third-order valence-electron chi connectivity index (χ3n) is 6.87. The van der Waals surface area contributed by atoms with Gasteiger partial charge in [0.2, 0.25) is 18.1 Å². The Morgan fingerprint density at radius 1 is 1.07 bits per heavy atom. The lowest BCUT2D eigenvalue weighted by Gasteiger charge is -2.40. The van der Waals surface area contributed by atoms with Crippen molar-refractivity contribution in [2.24, 2.45) is 5.73 Å². The van der Waals surface area contributed by atoms with Gasteiger partial charge in [0, 0.05) is 37.7 Å². The van der Waals surface area contributed by atoms with E-state index in [1.54, 1.807) is 69.4 Å². The summed E-state index contributed by atoms with van der Waals surface area (Å²) in [5, 5.41) is 32.1. The van der Waals surface area contributed by atoms with Crippen molar-refractivity contribution < 1.29 is 39.2 Å². The number of nitrogens with zero attached hydrogens (tertiary/aromatic N) is 2. The van der Waals surface area contributed by atoms with E-state index < -0.39 is 43.4 Å². The van der Waals surface area contributed by atoms with Gasteiger partial charge in [-0.1, -0.05) is 25.1 Å². The minimum atomic E-state index is -1.34. The predicted molar refractivity (Wildman–Crippen MR) is 146 cm³/mol. The second-order valence-corrected chi connectivity index (χ2v) is 9.58. The summed E-state index contributed by atoms with van der Waals surface area (Å²) in [4.78, 5) is 41.2. The van der Waals surface area contributed by atoms with E-state index >= 15 is 0 Å². The number of aliphatic hydroxyl groups excluding tert-OH is 3. The Kier molecular flexibility index (Phi) is 11.0. The van der Waals surface area contributed by atoms with Crippen molar-refractivity contribution >= 4 is 23.4 Å². The van der Waals surface area contributed by atoms with Gasteiger partial charge in [0.25, 0.3) is 5.91 Å². The number of amides is 3. The fraction of sp³-hybridized carbons (Fsp3) is 0.464. The Morgan fingerprint density at radius 3 is 2.33 bits per heavy atom. The number of hydrogen-bond acceptors (Lipinski definition) is 9. The van der Waals surface area contributed by atoms with Crippen LogP contribution in [0, 0.1) is 0 Å². The van der Waals surface area contributed by atoms with Crippen LogP contribution in [0.2, 0.25) is 0 Å². The normalized spacial score (nSPS) is 23.1. The van der Waals surface area contributed by atoms with E-state index in [-0.39, 0.29) is 37.1 Å². The summed E-state index contributed by atoms with van der Waals surface area (Å²) in [6.07, 6.45) is -5.16. The highest BCUT2D eigenvalue weighted by atomic mass is 16.7. The molecule has 12 heteroatoms. The molecular weight excluding hydrogens is 520 g/mol. The number of benzene rings is 2. The van der Waals surface area contributed by atoms with E-state index in [2.05, 4.69) is 5.32 Å². The van der Waals surface area contributed by atoms with Gasteiger partial charge >= 0.3 is 0 Å². The Hall–Kier alpha value is -3.55. The maximum Gasteiger partial charge on any atom is 0.255 e. The molecule has 1 heterocycles. The zero-order chi connectivity index (χ0) is 29.4. The molecule has 0 radical (unpaired) electrons. The van der Waals surface area contributed by atoms with Gasteiger partial charge in [-0.3, -0.25) is 14.4 Å². The molecule has 218 valence electrons. The number of carbonyl (C=O) groups is 3. The minimum Gasteiger partial charge on any atom is -0.463 e. The number of rotatable bonds is 11. The molecule has 0 bridgehead atoms. The molecule has 1 aliphatic heterocycles. The molecule has 1 saturated heterocycles. The van der Waals surface area contributed by atoms with Crippen molar-refractivity contribution in [2.45, 2.75) is 63.5 Å². The monoisotopic (exact) mass is 558 g/mol. The standard InChI is InChI=1S/C28H38N4O8/c1-4-23(35)32(17(2)31(3)27(38)18-8-6-5-7-9-18)15-14-22(34)30-19-10-12-20(13-11-19)39-28-24(29)26(37)25(36)21(16-33)40-28/h5-13,17,21,24-26,28,33,36-37H,4,14-16,29H2,1-3H3,(H,30,34). The van der Waals surface area contributed by atoms with E-state index in [4.69, 9.17) is 15.2 Å². The molecule has 40 heavy (non-hydrogen) atoms. The molecule has 0 aromatic heterocycles. The van der Waals surface area contributed by atoms with E-state index in [0.717, 1.165) is 0 Å². The molecule has 1 fully saturated rings. The van der Waals surface area contributed by atoms with Crippen molar-refractivity contribution in [3.05, 3.63) is 60.2 Å². The highest BCUT2D eigenvalue weighted by Crippen LogP contribution is 2.24. The second-order valence-electron chi connectivity index (χ2n) is 9.58. The van der Waals surface area contributed by atoms with Crippen LogP contribution in [0.3, 0.4) is 0 Å². The zero-order valence-corrected chi connectivity index (χ0v) is 22.8. The molecule has 2 aromatic carbocycles. The van der Waals surface area contributed by atoms with Crippen LogP contribution in [0.25, 0.3) is 0 Å². The van der Waals surface area contributed by atoms with Crippen molar-refractivity contribution in [1.82, 2.24) is 9.80 Å². The molecule has 6 N–H and O–H groups in total. The number of aliphatic hydroxyl groups is 3. The number of anilines is 1. The Labute approximate surface area is 233 Å². The molecule has 0 aliphatic carbocycles. The number of hydrogen-bond donors (Lipinski definition) is 5. The Morgan fingerprint density at radius 2 is 1.73 bits per heavy atom. The SMILES string of the molecule is CCC(=O)N(CCC(=O)Nc1ccc(OC2OC(CO)C(O)C(O)C2N)cc1)C(C)N(C)C(=O)c1ccccc1. The lowest BCUT2D eigenvalue weighted by Crippen LogP contribution is -2.63. The molecule has 2 aromatic rings. The lowest BCUT2D eigenvalue weighted by molar-refractivity contribution is -0.239. The van der Waals surface area contributed by atoms with Crippen LogP contribution >= 0.6 is 0 Å². The van der Waals surface area contributed by atoms with Crippen molar-refractivity contribution in [3.8, 4) is 5.75 Å². The summed E-state index contributed by atoms with van der Waals surface area (Å²) in [6, 6.07) is 14.0. The second kappa shape index (κ2) is 14.2. The maximum absolute atomic E-state index is 12.9. The molecular formula is C28H38N4O8. The van der Waals surface area contributed by atoms with Gasteiger partial charge in [-0.2, -0.15) is 0 Å². The molecule has 6 atom stereocenters. The fourth-order valence-electron chi connectivity index (χ4n) is 4.29. The van der Waals surface area contributed by atoms with Gasteiger partial charge in [0.15, 0.2) is 0 Å². The van der Waals surface area contributed by atoms with E-state index in [1.165, 1.54) is 9.80 Å². The van der Waals surface area contributed by atoms with Crippen LogP contribution in [-0.4, -0.2) is 99.8 Å². The van der Waals surface area contributed by atoms with Crippen LogP contribution in [0.15, 0.2) is 54.6 Å². The largest absolute Gasteiger partial charge is 0.463 e. The lowest BCUT2D eigenvalue weighted by atomic mass is 9.98. The fourth-order valence-corrected chi connectivity index (χ4v) is 4.29. The van der Waals surface area contributed by atoms with Gasteiger partial charge < -0.3 is 45.6 Å². The first-order chi connectivity index (χ1) is 19.1. The molecule has 12 nitrogen and oxygen atoms in total. The Balaban J connectivity index is 1.56. The highest BCUT2D eigenvalue weighted by molar-refractivity contribution is 5.94. The van der Waals surface area contributed by atoms with E-state index in [9.17, 15) is 29.7 Å². The first kappa shape index (κ1) is 31.0. The quantitative estimate of drug-likeness (QED) is 0.246. The summed E-state index contributed by atoms with van der Waals surface area (Å²) in [7, 11) is 1.62. The summed E-state index contributed by atoms with van der Waals surface area (Å²) in [5.74, 6) is -0.407. The summed E-state index contributed by atoms with van der Waals surface area (Å²) >= 11 is 0. The van der Waals surface area contributed by atoms with Gasteiger partial charge in [-0.05, 0) is 43.3 Å².